The fourth-order valence-electron chi connectivity index (χ4n) is 4.70. The molecule has 35 heavy (non-hydrogen) atoms. The highest BCUT2D eigenvalue weighted by Gasteiger charge is 2.41. The van der Waals surface area contributed by atoms with E-state index in [1.807, 2.05) is 24.3 Å². The first-order valence-electron chi connectivity index (χ1n) is 12.9. The van der Waals surface area contributed by atoms with E-state index in [2.05, 4.69) is 113 Å². The molecular weight excluding hydrogens is 559 g/mol. The van der Waals surface area contributed by atoms with Gasteiger partial charge in [-0.3, -0.25) is 0 Å². The van der Waals surface area contributed by atoms with Crippen LogP contribution in [0.5, 0.6) is 11.5 Å². The van der Waals surface area contributed by atoms with Gasteiger partial charge in [-0.25, -0.2) is 0 Å². The van der Waals surface area contributed by atoms with Gasteiger partial charge < -0.3 is 9.47 Å². The number of benzene rings is 2. The monoisotopic (exact) mass is 600 g/mol. The number of rotatable bonds is 9. The van der Waals surface area contributed by atoms with Crippen molar-refractivity contribution in [3.63, 3.8) is 0 Å². The summed E-state index contributed by atoms with van der Waals surface area (Å²) in [4.78, 5) is 0. The summed E-state index contributed by atoms with van der Waals surface area (Å²) < 4.78 is 13.5. The third-order valence-corrected chi connectivity index (χ3v) is 13.5. The van der Waals surface area contributed by atoms with Crippen LogP contribution in [0, 0.1) is 26.9 Å². The molecule has 4 heteroatoms. The first kappa shape index (κ1) is 29.3. The Balaban J connectivity index is 2.66. The zero-order valence-corrected chi connectivity index (χ0v) is 25.9. The number of ether oxygens (including phenoxy) is 2. The molecule has 0 N–H and O–H groups in total. The quantitative estimate of drug-likeness (QED) is 0.163. The smallest absolute Gasteiger partial charge is 0.146 e. The lowest BCUT2D eigenvalue weighted by Crippen LogP contribution is -2.43. The van der Waals surface area contributed by atoms with Crippen molar-refractivity contribution >= 4 is 30.7 Å². The van der Waals surface area contributed by atoms with Gasteiger partial charge in [-0.1, -0.05) is 73.2 Å². The lowest BCUT2D eigenvalue weighted by molar-refractivity contribution is 0.307. The highest BCUT2D eigenvalue weighted by Crippen LogP contribution is 2.41. The van der Waals surface area contributed by atoms with Gasteiger partial charge in [0, 0.05) is 21.3 Å². The Bertz CT molecular complexity index is 1060. The second-order valence-electron chi connectivity index (χ2n) is 9.95. The van der Waals surface area contributed by atoms with Crippen LogP contribution in [0.15, 0.2) is 36.4 Å². The van der Waals surface area contributed by atoms with Gasteiger partial charge in [-0.05, 0) is 76.3 Å². The van der Waals surface area contributed by atoms with Crippen LogP contribution in [0.1, 0.15) is 84.9 Å². The molecule has 2 aromatic carbocycles. The molecule has 0 amide bonds. The van der Waals surface area contributed by atoms with Crippen LogP contribution in [-0.2, 0) is 0 Å². The SMILES string of the molecule is CCCOc1cc(C#C[Si](C(C)C)(C(C)C)C(C)C)c(OCCC)cc1C#Cc1ccc(I)cc1. The fraction of sp³-hybridized carbons (Fsp3) is 0.484. The van der Waals surface area contributed by atoms with Crippen molar-refractivity contribution in [1.82, 2.24) is 0 Å². The van der Waals surface area contributed by atoms with Crippen molar-refractivity contribution in [1.29, 1.82) is 0 Å². The Hall–Kier alpha value is -1.89. The van der Waals surface area contributed by atoms with Crippen molar-refractivity contribution < 1.29 is 9.47 Å². The van der Waals surface area contributed by atoms with Crippen LogP contribution >= 0.6 is 22.6 Å². The second-order valence-corrected chi connectivity index (χ2v) is 16.8. The Kier molecular flexibility index (Phi) is 11.7. The molecule has 0 heterocycles. The molecule has 0 unspecified atom stereocenters. The minimum absolute atomic E-state index is 0.574. The number of hydrogen-bond acceptors (Lipinski definition) is 2. The van der Waals surface area contributed by atoms with Crippen molar-refractivity contribution in [3.8, 4) is 34.8 Å². The Morgan fingerprint density at radius 1 is 0.714 bits per heavy atom. The molecule has 0 radical (unpaired) electrons. The van der Waals surface area contributed by atoms with E-state index in [1.165, 1.54) is 3.57 Å². The van der Waals surface area contributed by atoms with E-state index in [9.17, 15) is 0 Å². The summed E-state index contributed by atoms with van der Waals surface area (Å²) in [6, 6.07) is 12.3. The second kappa shape index (κ2) is 14.0. The van der Waals surface area contributed by atoms with E-state index in [0.717, 1.165) is 41.0 Å². The molecule has 0 aliphatic carbocycles. The molecule has 0 aliphatic rings. The van der Waals surface area contributed by atoms with Gasteiger partial charge >= 0.3 is 0 Å². The van der Waals surface area contributed by atoms with Crippen molar-refractivity contribution in [2.45, 2.75) is 84.9 Å². The van der Waals surface area contributed by atoms with Crippen LogP contribution in [-0.4, -0.2) is 21.3 Å². The Morgan fingerprint density at radius 2 is 1.17 bits per heavy atom. The maximum atomic E-state index is 6.19. The molecule has 0 aliphatic heterocycles. The first-order chi connectivity index (χ1) is 16.6. The molecule has 0 atom stereocenters. The zero-order chi connectivity index (χ0) is 26.0. The number of hydrogen-bond donors (Lipinski definition) is 0. The molecule has 2 nitrogen and oxygen atoms in total. The summed E-state index contributed by atoms with van der Waals surface area (Å²) in [7, 11) is -1.87. The summed E-state index contributed by atoms with van der Waals surface area (Å²) in [5.74, 6) is 11.8. The summed E-state index contributed by atoms with van der Waals surface area (Å²) in [5.41, 5.74) is 8.30. The lowest BCUT2D eigenvalue weighted by Gasteiger charge is -2.38. The van der Waals surface area contributed by atoms with Crippen LogP contribution < -0.4 is 9.47 Å². The molecule has 0 aromatic heterocycles. The van der Waals surface area contributed by atoms with Gasteiger partial charge in [-0.15, -0.1) is 5.54 Å². The molecule has 0 saturated carbocycles. The van der Waals surface area contributed by atoms with Crippen molar-refractivity contribution in [2.24, 2.45) is 0 Å². The van der Waals surface area contributed by atoms with E-state index in [0.29, 0.717) is 29.8 Å². The first-order valence-corrected chi connectivity index (χ1v) is 16.2. The average molecular weight is 601 g/mol. The minimum atomic E-state index is -1.87. The molecule has 2 aromatic rings. The fourth-order valence-corrected chi connectivity index (χ4v) is 10.3. The van der Waals surface area contributed by atoms with E-state index >= 15 is 0 Å². The van der Waals surface area contributed by atoms with Gasteiger partial charge in [-0.2, -0.15) is 0 Å². The Labute approximate surface area is 228 Å². The summed E-state index contributed by atoms with van der Waals surface area (Å²) in [6.07, 6.45) is 1.87. The molecule has 0 spiro atoms. The third-order valence-electron chi connectivity index (χ3n) is 6.47. The van der Waals surface area contributed by atoms with Crippen LogP contribution in [0.2, 0.25) is 16.6 Å². The summed E-state index contributed by atoms with van der Waals surface area (Å²) >= 11 is 2.31. The van der Waals surface area contributed by atoms with E-state index in [-0.39, 0.29) is 0 Å². The number of halogens is 1. The maximum absolute atomic E-state index is 6.19. The lowest BCUT2D eigenvalue weighted by atomic mass is 10.1. The van der Waals surface area contributed by atoms with Gasteiger partial charge in [0.05, 0.1) is 24.3 Å². The molecule has 0 bridgehead atoms. The molecule has 188 valence electrons. The largest absolute Gasteiger partial charge is 0.492 e. The standard InChI is InChI=1S/C31H41IO2Si/c1-9-18-33-30-22-28(17-20-35(23(3)4,24(5)6)25(7)8)31(34-19-10-2)21-27(30)14-11-26-12-15-29(32)16-13-26/h12-13,15-16,21-25H,9-10,18-19H2,1-8H3. The Morgan fingerprint density at radius 3 is 1.60 bits per heavy atom. The van der Waals surface area contributed by atoms with Crippen LogP contribution in [0.3, 0.4) is 0 Å². The molecular formula is C31H41IO2Si. The normalized spacial score (nSPS) is 11.2. The van der Waals surface area contributed by atoms with Gasteiger partial charge in [0.2, 0.25) is 0 Å². The molecule has 2 rings (SSSR count). The predicted octanol–water partition coefficient (Wildman–Crippen LogP) is 8.84. The molecule has 0 fully saturated rings. The molecule has 0 saturated heterocycles. The van der Waals surface area contributed by atoms with Gasteiger partial charge in [0.1, 0.15) is 19.6 Å². The van der Waals surface area contributed by atoms with E-state index < -0.39 is 8.07 Å². The van der Waals surface area contributed by atoms with Crippen molar-refractivity contribution in [3.05, 3.63) is 56.7 Å². The van der Waals surface area contributed by atoms with Crippen LogP contribution in [0.25, 0.3) is 0 Å². The third kappa shape index (κ3) is 7.79. The zero-order valence-electron chi connectivity index (χ0n) is 22.7. The predicted molar refractivity (Wildman–Crippen MR) is 161 cm³/mol. The topological polar surface area (TPSA) is 18.5 Å². The van der Waals surface area contributed by atoms with Crippen molar-refractivity contribution in [2.75, 3.05) is 13.2 Å². The highest BCUT2D eigenvalue weighted by atomic mass is 127. The summed E-state index contributed by atoms with van der Waals surface area (Å²) in [6.45, 7) is 19.6. The average Bonchev–Trinajstić information content (AvgIpc) is 2.81. The van der Waals surface area contributed by atoms with Crippen LogP contribution in [0.4, 0.5) is 0 Å². The van der Waals surface area contributed by atoms with E-state index in [4.69, 9.17) is 9.47 Å². The van der Waals surface area contributed by atoms with Gasteiger partial charge in [0.25, 0.3) is 0 Å². The minimum Gasteiger partial charge on any atom is -0.492 e. The van der Waals surface area contributed by atoms with E-state index in [1.54, 1.807) is 0 Å². The summed E-state index contributed by atoms with van der Waals surface area (Å²) in [5, 5.41) is 0. The maximum Gasteiger partial charge on any atom is 0.146 e. The highest BCUT2D eigenvalue weighted by molar-refractivity contribution is 14.1. The van der Waals surface area contributed by atoms with Gasteiger partial charge in [0.15, 0.2) is 0 Å².